The van der Waals surface area contributed by atoms with E-state index in [-0.39, 0.29) is 22.1 Å². The van der Waals surface area contributed by atoms with Crippen LogP contribution in [0.5, 0.6) is 0 Å². The number of carbonyl (C=O) groups is 3. The monoisotopic (exact) mass is 426 g/mol. The Balaban J connectivity index is 1.50. The van der Waals surface area contributed by atoms with Gasteiger partial charge in [-0.3, -0.25) is 14.4 Å². The van der Waals surface area contributed by atoms with Gasteiger partial charge in [-0.1, -0.05) is 12.1 Å². The molecule has 0 bridgehead atoms. The zero-order valence-corrected chi connectivity index (χ0v) is 17.1. The van der Waals surface area contributed by atoms with Crippen molar-refractivity contribution in [2.24, 2.45) is 5.92 Å². The molecule has 2 aliphatic rings. The molecule has 0 atom stereocenters. The standard InChI is InChI=1S/C22H22N2O5S/c25-20-6-2-3-15-9-10-18(12-19(15)20)30(28,29)24-22(27)17-5-1-4-16(11-17)21(26)23-13-14-7-8-14/h1,4-5,9-12,14H,2-3,6-8,13H2,(H,23,26)(H,24,27). The van der Waals surface area contributed by atoms with Crippen molar-refractivity contribution in [3.8, 4) is 0 Å². The maximum atomic E-state index is 12.7. The van der Waals surface area contributed by atoms with Gasteiger partial charge in [0, 0.05) is 29.7 Å². The molecule has 0 unspecified atom stereocenters. The van der Waals surface area contributed by atoms with Crippen LogP contribution in [0.1, 0.15) is 62.3 Å². The fourth-order valence-corrected chi connectivity index (χ4v) is 4.48. The normalized spacial score (nSPS) is 15.9. The Bertz CT molecular complexity index is 1140. The van der Waals surface area contributed by atoms with Gasteiger partial charge in [-0.25, -0.2) is 13.1 Å². The molecular weight excluding hydrogens is 404 g/mol. The number of sulfonamides is 1. The summed E-state index contributed by atoms with van der Waals surface area (Å²) in [5.74, 6) is -0.706. The van der Waals surface area contributed by atoms with Gasteiger partial charge in [-0.05, 0) is 67.5 Å². The second-order valence-electron chi connectivity index (χ2n) is 7.76. The maximum Gasteiger partial charge on any atom is 0.265 e. The molecule has 2 aromatic carbocycles. The van der Waals surface area contributed by atoms with Gasteiger partial charge in [-0.15, -0.1) is 0 Å². The predicted octanol–water partition coefficient (Wildman–Crippen LogP) is 2.46. The van der Waals surface area contributed by atoms with Crippen LogP contribution in [0.4, 0.5) is 0 Å². The summed E-state index contributed by atoms with van der Waals surface area (Å²) in [6.07, 6.45) is 4.07. The van der Waals surface area contributed by atoms with Gasteiger partial charge in [0.05, 0.1) is 4.90 Å². The van der Waals surface area contributed by atoms with E-state index < -0.39 is 15.9 Å². The summed E-state index contributed by atoms with van der Waals surface area (Å²) in [5, 5.41) is 2.81. The van der Waals surface area contributed by atoms with E-state index in [1.54, 1.807) is 12.1 Å². The van der Waals surface area contributed by atoms with Crippen LogP contribution in [0, 0.1) is 5.92 Å². The number of hydrogen-bond donors (Lipinski definition) is 2. The first-order valence-corrected chi connectivity index (χ1v) is 11.4. The van der Waals surface area contributed by atoms with Crippen molar-refractivity contribution in [3.05, 3.63) is 64.7 Å². The zero-order valence-electron chi connectivity index (χ0n) is 16.3. The molecule has 1 fully saturated rings. The van der Waals surface area contributed by atoms with Crippen LogP contribution in [0.2, 0.25) is 0 Å². The van der Waals surface area contributed by atoms with Gasteiger partial charge in [0.25, 0.3) is 21.8 Å². The SMILES string of the molecule is O=C(NCC1CC1)c1cccc(C(=O)NS(=O)(=O)c2ccc3c(c2)C(=O)CCC3)c1. The van der Waals surface area contributed by atoms with Crippen LogP contribution in [0.15, 0.2) is 47.4 Å². The van der Waals surface area contributed by atoms with Crippen LogP contribution < -0.4 is 10.0 Å². The maximum absolute atomic E-state index is 12.7. The summed E-state index contributed by atoms with van der Waals surface area (Å²) in [6.45, 7) is 0.598. The molecular formula is C22H22N2O5S. The molecule has 2 amide bonds. The predicted molar refractivity (Wildman–Crippen MR) is 110 cm³/mol. The molecule has 2 aliphatic carbocycles. The van der Waals surface area contributed by atoms with Crippen LogP contribution in [0.25, 0.3) is 0 Å². The number of rotatable bonds is 6. The van der Waals surface area contributed by atoms with Gasteiger partial charge in [0.15, 0.2) is 5.78 Å². The lowest BCUT2D eigenvalue weighted by Crippen LogP contribution is -2.31. The molecule has 4 rings (SSSR count). The number of ketones is 1. The van der Waals surface area contributed by atoms with Gasteiger partial charge in [-0.2, -0.15) is 0 Å². The second kappa shape index (κ2) is 8.02. The van der Waals surface area contributed by atoms with E-state index >= 15 is 0 Å². The third kappa shape index (κ3) is 4.43. The minimum absolute atomic E-state index is 0.0617. The lowest BCUT2D eigenvalue weighted by Gasteiger charge is -2.16. The number of aryl methyl sites for hydroxylation is 1. The van der Waals surface area contributed by atoms with E-state index in [1.165, 1.54) is 30.3 Å². The fraction of sp³-hybridized carbons (Fsp3) is 0.318. The molecule has 156 valence electrons. The smallest absolute Gasteiger partial charge is 0.265 e. The van der Waals surface area contributed by atoms with E-state index in [0.29, 0.717) is 30.0 Å². The summed E-state index contributed by atoms with van der Waals surface area (Å²) in [4.78, 5) is 36.7. The molecule has 7 nitrogen and oxygen atoms in total. The third-order valence-corrected chi connectivity index (χ3v) is 6.73. The van der Waals surface area contributed by atoms with Crippen molar-refractivity contribution in [1.29, 1.82) is 0 Å². The molecule has 2 aromatic rings. The highest BCUT2D eigenvalue weighted by Crippen LogP contribution is 2.27. The van der Waals surface area contributed by atoms with E-state index in [1.807, 2.05) is 4.72 Å². The molecule has 8 heteroatoms. The lowest BCUT2D eigenvalue weighted by atomic mass is 9.91. The summed E-state index contributed by atoms with van der Waals surface area (Å²) >= 11 is 0. The van der Waals surface area contributed by atoms with Crippen molar-refractivity contribution in [2.75, 3.05) is 6.54 Å². The molecule has 30 heavy (non-hydrogen) atoms. The van der Waals surface area contributed by atoms with Crippen LogP contribution in [-0.4, -0.2) is 32.6 Å². The van der Waals surface area contributed by atoms with Gasteiger partial charge >= 0.3 is 0 Å². The molecule has 0 saturated heterocycles. The molecule has 0 spiro atoms. The topological polar surface area (TPSA) is 109 Å². The van der Waals surface area contributed by atoms with Gasteiger partial charge in [0.2, 0.25) is 0 Å². The Morgan fingerprint density at radius 1 is 0.967 bits per heavy atom. The average Bonchev–Trinajstić information content (AvgIpc) is 3.56. The number of benzene rings is 2. The van der Waals surface area contributed by atoms with Crippen molar-refractivity contribution < 1.29 is 22.8 Å². The fourth-order valence-electron chi connectivity index (χ4n) is 3.48. The van der Waals surface area contributed by atoms with Crippen molar-refractivity contribution in [3.63, 3.8) is 0 Å². The summed E-state index contributed by atoms with van der Waals surface area (Å²) in [6, 6.07) is 10.3. The van der Waals surface area contributed by atoms with Gasteiger partial charge in [0.1, 0.15) is 0 Å². The molecule has 0 heterocycles. The first-order chi connectivity index (χ1) is 14.3. The summed E-state index contributed by atoms with van der Waals surface area (Å²) in [7, 11) is -4.16. The Morgan fingerprint density at radius 3 is 2.43 bits per heavy atom. The van der Waals surface area contributed by atoms with Crippen molar-refractivity contribution in [2.45, 2.75) is 37.0 Å². The molecule has 1 saturated carbocycles. The number of carbonyl (C=O) groups excluding carboxylic acids is 3. The number of hydrogen-bond acceptors (Lipinski definition) is 5. The van der Waals surface area contributed by atoms with Crippen molar-refractivity contribution in [1.82, 2.24) is 10.0 Å². The third-order valence-electron chi connectivity index (χ3n) is 5.40. The first-order valence-electron chi connectivity index (χ1n) is 9.95. The minimum Gasteiger partial charge on any atom is -0.352 e. The highest BCUT2D eigenvalue weighted by Gasteiger charge is 2.24. The number of nitrogens with one attached hydrogen (secondary N) is 2. The Kier molecular flexibility index (Phi) is 5.42. The number of fused-ring (bicyclic) bond motifs is 1. The lowest BCUT2D eigenvalue weighted by molar-refractivity contribution is 0.0949. The molecule has 0 aliphatic heterocycles. The quantitative estimate of drug-likeness (QED) is 0.737. The van der Waals surface area contributed by atoms with Crippen LogP contribution >= 0.6 is 0 Å². The van der Waals surface area contributed by atoms with Crippen LogP contribution in [-0.2, 0) is 16.4 Å². The van der Waals surface area contributed by atoms with E-state index in [9.17, 15) is 22.8 Å². The van der Waals surface area contributed by atoms with Gasteiger partial charge < -0.3 is 5.32 Å². The van der Waals surface area contributed by atoms with E-state index in [0.717, 1.165) is 31.2 Å². The number of amides is 2. The Labute approximate surface area is 174 Å². The average molecular weight is 426 g/mol. The number of Topliss-reactive ketones (excluding diaryl/α,β-unsaturated/α-hetero) is 1. The Morgan fingerprint density at radius 2 is 1.70 bits per heavy atom. The first kappa shape index (κ1) is 20.3. The molecule has 0 radical (unpaired) electrons. The summed E-state index contributed by atoms with van der Waals surface area (Å²) < 4.78 is 27.4. The highest BCUT2D eigenvalue weighted by atomic mass is 32.2. The van der Waals surface area contributed by atoms with E-state index in [4.69, 9.17) is 0 Å². The van der Waals surface area contributed by atoms with E-state index in [2.05, 4.69) is 5.32 Å². The largest absolute Gasteiger partial charge is 0.352 e. The van der Waals surface area contributed by atoms with Crippen molar-refractivity contribution >= 4 is 27.6 Å². The highest BCUT2D eigenvalue weighted by molar-refractivity contribution is 7.90. The Hall–Kier alpha value is -3.00. The molecule has 2 N–H and O–H groups in total. The second-order valence-corrected chi connectivity index (χ2v) is 9.45. The van der Waals surface area contributed by atoms with Crippen LogP contribution in [0.3, 0.4) is 0 Å². The summed E-state index contributed by atoms with van der Waals surface area (Å²) in [5.41, 5.74) is 1.57. The minimum atomic E-state index is -4.16. The zero-order chi connectivity index (χ0) is 21.3. The molecule has 0 aromatic heterocycles.